The average molecular weight is 347 g/mol. The maximum absolute atomic E-state index is 12.3. The van der Waals surface area contributed by atoms with Gasteiger partial charge in [-0.25, -0.2) is 4.98 Å². The van der Waals surface area contributed by atoms with E-state index in [1.54, 1.807) is 29.2 Å². The van der Waals surface area contributed by atoms with Crippen LogP contribution in [-0.4, -0.2) is 16.8 Å². The van der Waals surface area contributed by atoms with Crippen molar-refractivity contribution in [1.29, 1.82) is 0 Å². The molecule has 1 aromatic carbocycles. The molecule has 23 heavy (non-hydrogen) atoms. The van der Waals surface area contributed by atoms with Gasteiger partial charge in [0, 0.05) is 28.3 Å². The molecule has 0 radical (unpaired) electrons. The maximum atomic E-state index is 12.3. The van der Waals surface area contributed by atoms with Crippen LogP contribution in [0.25, 0.3) is 0 Å². The molecule has 1 saturated carbocycles. The average Bonchev–Trinajstić information content (AvgIpc) is 3.33. The van der Waals surface area contributed by atoms with Crippen LogP contribution in [0, 0.1) is 12.8 Å². The minimum absolute atomic E-state index is 0.0641. The number of amides is 2. The van der Waals surface area contributed by atoms with Crippen LogP contribution in [0.5, 0.6) is 0 Å². The monoisotopic (exact) mass is 347 g/mol. The second-order valence-corrected chi connectivity index (χ2v) is 7.50. The molecule has 1 aliphatic rings. The van der Waals surface area contributed by atoms with E-state index in [0.29, 0.717) is 11.3 Å². The molecule has 120 valence electrons. The molecular formula is C16H17N3O2S2. The fraction of sp³-hybridized carbons (Fsp3) is 0.312. The fourth-order valence-corrected chi connectivity index (χ4v) is 3.89. The highest BCUT2D eigenvalue weighted by Crippen LogP contribution is 2.29. The molecule has 2 N–H and O–H groups in total. The van der Waals surface area contributed by atoms with E-state index in [0.717, 1.165) is 28.4 Å². The molecule has 7 heteroatoms. The number of rotatable bonds is 5. The van der Waals surface area contributed by atoms with Gasteiger partial charge in [-0.2, -0.15) is 0 Å². The highest BCUT2D eigenvalue weighted by Gasteiger charge is 2.29. The number of nitrogens with zero attached hydrogens (tertiary/aromatic N) is 1. The van der Waals surface area contributed by atoms with Crippen LogP contribution in [0.2, 0.25) is 0 Å². The number of carbonyl (C=O) groups excluding carboxylic acids is 2. The van der Waals surface area contributed by atoms with Gasteiger partial charge in [0.15, 0.2) is 0 Å². The SMILES string of the molecule is Cc1csc(SCc2ccccc2C(=O)NNC(=O)C2CC2)n1. The Morgan fingerprint density at radius 3 is 2.78 bits per heavy atom. The van der Waals surface area contributed by atoms with E-state index in [1.807, 2.05) is 30.5 Å². The lowest BCUT2D eigenvalue weighted by Crippen LogP contribution is -2.42. The summed E-state index contributed by atoms with van der Waals surface area (Å²) in [6, 6.07) is 7.41. The van der Waals surface area contributed by atoms with Gasteiger partial charge >= 0.3 is 0 Å². The highest BCUT2D eigenvalue weighted by atomic mass is 32.2. The Morgan fingerprint density at radius 1 is 1.30 bits per heavy atom. The molecule has 1 heterocycles. The first kappa shape index (κ1) is 16.0. The van der Waals surface area contributed by atoms with E-state index in [-0.39, 0.29) is 17.7 Å². The summed E-state index contributed by atoms with van der Waals surface area (Å²) in [6.45, 7) is 1.96. The van der Waals surface area contributed by atoms with E-state index in [2.05, 4.69) is 15.8 Å². The Hall–Kier alpha value is -1.86. The Bertz CT molecular complexity index is 726. The van der Waals surface area contributed by atoms with Crippen molar-refractivity contribution >= 4 is 34.9 Å². The number of nitrogens with one attached hydrogen (secondary N) is 2. The van der Waals surface area contributed by atoms with Gasteiger partial charge in [-0.05, 0) is 31.4 Å². The van der Waals surface area contributed by atoms with Gasteiger partial charge in [0.1, 0.15) is 4.34 Å². The molecular weight excluding hydrogens is 330 g/mol. The quantitative estimate of drug-likeness (QED) is 0.644. The zero-order chi connectivity index (χ0) is 16.2. The van der Waals surface area contributed by atoms with Crippen molar-refractivity contribution in [3.05, 3.63) is 46.5 Å². The summed E-state index contributed by atoms with van der Waals surface area (Å²) >= 11 is 3.21. The third kappa shape index (κ3) is 4.33. The molecule has 0 aliphatic heterocycles. The number of aryl methyl sites for hydroxylation is 1. The van der Waals surface area contributed by atoms with Crippen LogP contribution in [-0.2, 0) is 10.5 Å². The van der Waals surface area contributed by atoms with Crippen LogP contribution in [0.1, 0.15) is 34.5 Å². The van der Waals surface area contributed by atoms with Gasteiger partial charge in [-0.3, -0.25) is 20.4 Å². The van der Waals surface area contributed by atoms with Crippen LogP contribution < -0.4 is 10.9 Å². The highest BCUT2D eigenvalue weighted by molar-refractivity contribution is 8.00. The van der Waals surface area contributed by atoms with Crippen molar-refractivity contribution < 1.29 is 9.59 Å². The molecule has 0 saturated heterocycles. The number of hydrogen-bond donors (Lipinski definition) is 2. The second kappa shape index (κ2) is 7.14. The molecule has 5 nitrogen and oxygen atoms in total. The summed E-state index contributed by atoms with van der Waals surface area (Å²) in [5.41, 5.74) is 7.49. The van der Waals surface area contributed by atoms with E-state index in [9.17, 15) is 9.59 Å². The van der Waals surface area contributed by atoms with Crippen LogP contribution in [0.15, 0.2) is 34.0 Å². The number of hydrogen-bond acceptors (Lipinski definition) is 5. The van der Waals surface area contributed by atoms with Crippen molar-refractivity contribution in [2.45, 2.75) is 29.9 Å². The van der Waals surface area contributed by atoms with Crippen molar-refractivity contribution in [2.75, 3.05) is 0 Å². The fourth-order valence-electron chi connectivity index (χ4n) is 2.04. The van der Waals surface area contributed by atoms with Gasteiger partial charge in [0.2, 0.25) is 5.91 Å². The summed E-state index contributed by atoms with van der Waals surface area (Å²) in [4.78, 5) is 28.3. The normalized spacial score (nSPS) is 13.6. The lowest BCUT2D eigenvalue weighted by Gasteiger charge is -2.10. The van der Waals surface area contributed by atoms with Crippen LogP contribution in [0.3, 0.4) is 0 Å². The number of carbonyl (C=O) groups is 2. The second-order valence-electron chi connectivity index (χ2n) is 5.42. The maximum Gasteiger partial charge on any atom is 0.269 e. The third-order valence-corrected chi connectivity index (χ3v) is 5.65. The van der Waals surface area contributed by atoms with Gasteiger partial charge in [0.25, 0.3) is 5.91 Å². The lowest BCUT2D eigenvalue weighted by atomic mass is 10.1. The summed E-state index contributed by atoms with van der Waals surface area (Å²) in [7, 11) is 0. The first-order valence-electron chi connectivity index (χ1n) is 7.36. The molecule has 1 aromatic heterocycles. The molecule has 0 unspecified atom stereocenters. The van der Waals surface area contributed by atoms with Gasteiger partial charge in [-0.1, -0.05) is 30.0 Å². The van der Waals surface area contributed by atoms with Gasteiger partial charge < -0.3 is 0 Å². The van der Waals surface area contributed by atoms with Crippen molar-refractivity contribution in [3.8, 4) is 0 Å². The van der Waals surface area contributed by atoms with E-state index < -0.39 is 0 Å². The van der Waals surface area contributed by atoms with Crippen molar-refractivity contribution in [3.63, 3.8) is 0 Å². The number of thiazole rings is 1. The van der Waals surface area contributed by atoms with Crippen molar-refractivity contribution in [1.82, 2.24) is 15.8 Å². The molecule has 3 rings (SSSR count). The Balaban J connectivity index is 1.61. The third-order valence-electron chi connectivity index (χ3n) is 3.46. The number of hydrazine groups is 1. The Labute approximate surface area is 142 Å². The lowest BCUT2D eigenvalue weighted by molar-refractivity contribution is -0.123. The summed E-state index contributed by atoms with van der Waals surface area (Å²) in [5.74, 6) is 0.329. The number of aromatic nitrogens is 1. The molecule has 2 amide bonds. The van der Waals surface area contributed by atoms with E-state index >= 15 is 0 Å². The minimum Gasteiger partial charge on any atom is -0.273 e. The standard InChI is InChI=1S/C16H17N3O2S2/c1-10-8-22-16(17-10)23-9-12-4-2-3-5-13(12)15(21)19-18-14(20)11-6-7-11/h2-5,8,11H,6-7,9H2,1H3,(H,18,20)(H,19,21). The molecule has 1 fully saturated rings. The number of thioether (sulfide) groups is 1. The zero-order valence-electron chi connectivity index (χ0n) is 12.7. The minimum atomic E-state index is -0.287. The van der Waals surface area contributed by atoms with Gasteiger partial charge in [-0.15, -0.1) is 11.3 Å². The Kier molecular flexibility index (Phi) is 4.97. The van der Waals surface area contributed by atoms with E-state index in [1.165, 1.54) is 0 Å². The Morgan fingerprint density at radius 2 is 2.09 bits per heavy atom. The predicted octanol–water partition coefficient (Wildman–Crippen LogP) is 2.91. The topological polar surface area (TPSA) is 71.1 Å². The van der Waals surface area contributed by atoms with E-state index in [4.69, 9.17) is 0 Å². The summed E-state index contributed by atoms with van der Waals surface area (Å²) in [6.07, 6.45) is 1.81. The van der Waals surface area contributed by atoms with Crippen LogP contribution in [0.4, 0.5) is 0 Å². The predicted molar refractivity (Wildman–Crippen MR) is 91.2 cm³/mol. The molecule has 1 aliphatic carbocycles. The van der Waals surface area contributed by atoms with Crippen LogP contribution >= 0.6 is 23.1 Å². The smallest absolute Gasteiger partial charge is 0.269 e. The summed E-state index contributed by atoms with van der Waals surface area (Å²) < 4.78 is 0.986. The molecule has 2 aromatic rings. The molecule has 0 bridgehead atoms. The first-order valence-corrected chi connectivity index (χ1v) is 9.23. The van der Waals surface area contributed by atoms with Gasteiger partial charge in [0.05, 0.1) is 0 Å². The first-order chi connectivity index (χ1) is 11.1. The molecule has 0 atom stereocenters. The zero-order valence-corrected chi connectivity index (χ0v) is 14.3. The van der Waals surface area contributed by atoms with Crippen molar-refractivity contribution in [2.24, 2.45) is 5.92 Å². The largest absolute Gasteiger partial charge is 0.273 e. The summed E-state index contributed by atoms with van der Waals surface area (Å²) in [5, 5.41) is 2.01. The molecule has 0 spiro atoms. The number of benzene rings is 1.